The number of guanidine groups is 1. The molecule has 0 aliphatic heterocycles. The molecule has 2 aromatic carbocycles. The molecule has 0 spiro atoms. The van der Waals surface area contributed by atoms with Crippen molar-refractivity contribution in [2.45, 2.75) is 78.2 Å². The molecule has 9 nitrogen and oxygen atoms in total. The predicted octanol–water partition coefficient (Wildman–Crippen LogP) is 5.95. The van der Waals surface area contributed by atoms with Gasteiger partial charge in [0, 0.05) is 35.8 Å². The standard InChI is InChI=1S/C21H29N7O.C13H19Cl2N/c1-21(2,3)17-11-15-13-28(20(29)27-18(15)26-17)16-7-5-14(6-8-16)12-24-9-4-10-25-19(22)23;1-13(2,3)10-7-9(5-4-6-16)8-11(14)12(10)15/h5-8,11,13,24H,4,9-10,12H2,1-3H3,(H4,22,23,25)(H,26,27,29);7-8H,4-6,16H2,1-3H3. The number of nitrogens with one attached hydrogen (secondary N) is 2. The highest BCUT2D eigenvalue weighted by Gasteiger charge is 2.20. The van der Waals surface area contributed by atoms with Crippen molar-refractivity contribution in [2.24, 2.45) is 22.2 Å². The Morgan fingerprint density at radius 2 is 1.67 bits per heavy atom. The number of H-pyrrole nitrogens is 1. The van der Waals surface area contributed by atoms with Crippen LogP contribution in [0.1, 0.15) is 76.8 Å². The number of halogens is 2. The zero-order chi connectivity index (χ0) is 33.4. The van der Waals surface area contributed by atoms with Gasteiger partial charge in [0.25, 0.3) is 0 Å². The number of nitrogens with two attached hydrogens (primary N) is 3. The summed E-state index contributed by atoms with van der Waals surface area (Å²) in [4.78, 5) is 23.9. The first kappa shape index (κ1) is 36.1. The van der Waals surface area contributed by atoms with Crippen LogP contribution in [-0.2, 0) is 23.8 Å². The van der Waals surface area contributed by atoms with E-state index in [4.69, 9.17) is 40.4 Å². The highest BCUT2D eigenvalue weighted by Crippen LogP contribution is 2.35. The van der Waals surface area contributed by atoms with Crippen molar-refractivity contribution in [3.05, 3.63) is 91.6 Å². The summed E-state index contributed by atoms with van der Waals surface area (Å²) in [5, 5.41) is 5.58. The molecule has 244 valence electrons. The van der Waals surface area contributed by atoms with Crippen LogP contribution in [0.15, 0.2) is 58.4 Å². The third-order valence-corrected chi connectivity index (χ3v) is 8.03. The van der Waals surface area contributed by atoms with E-state index in [1.165, 1.54) is 5.56 Å². The van der Waals surface area contributed by atoms with Crippen LogP contribution >= 0.6 is 23.2 Å². The summed E-state index contributed by atoms with van der Waals surface area (Å²) < 4.78 is 1.58. The number of hydrogen-bond donors (Lipinski definition) is 5. The molecule has 0 unspecified atom stereocenters. The second-order valence-corrected chi connectivity index (χ2v) is 14.0. The van der Waals surface area contributed by atoms with E-state index in [2.05, 4.69) is 74.0 Å². The Morgan fingerprint density at radius 1 is 0.978 bits per heavy atom. The van der Waals surface area contributed by atoms with E-state index in [1.54, 1.807) is 4.57 Å². The number of nitrogens with zero attached hydrogens (tertiary/aromatic N) is 3. The fourth-order valence-electron chi connectivity index (χ4n) is 4.64. The molecular weight excluding hydrogens is 607 g/mol. The van der Waals surface area contributed by atoms with Gasteiger partial charge in [0.15, 0.2) is 5.96 Å². The van der Waals surface area contributed by atoms with Gasteiger partial charge in [-0.1, -0.05) is 82.9 Å². The van der Waals surface area contributed by atoms with Crippen molar-refractivity contribution >= 4 is 40.2 Å². The summed E-state index contributed by atoms with van der Waals surface area (Å²) in [7, 11) is 0. The van der Waals surface area contributed by atoms with E-state index in [9.17, 15) is 4.79 Å². The van der Waals surface area contributed by atoms with Crippen LogP contribution in [0.3, 0.4) is 0 Å². The number of hydrogen-bond acceptors (Lipinski definition) is 5. The maximum atomic E-state index is 12.5. The van der Waals surface area contributed by atoms with Gasteiger partial charge in [-0.25, -0.2) is 4.79 Å². The first-order valence-corrected chi connectivity index (χ1v) is 16.0. The van der Waals surface area contributed by atoms with Crippen LogP contribution in [-0.4, -0.2) is 40.1 Å². The Kier molecular flexibility index (Phi) is 12.6. The first-order chi connectivity index (χ1) is 21.1. The molecule has 0 fully saturated rings. The van der Waals surface area contributed by atoms with Gasteiger partial charge in [0.2, 0.25) is 0 Å². The van der Waals surface area contributed by atoms with Gasteiger partial charge in [0.05, 0.1) is 15.7 Å². The average Bonchev–Trinajstić information content (AvgIpc) is 3.38. The summed E-state index contributed by atoms with van der Waals surface area (Å²) >= 11 is 12.4. The van der Waals surface area contributed by atoms with Crippen LogP contribution in [0, 0.1) is 0 Å². The fraction of sp³-hybridized carbons (Fsp3) is 0.441. The lowest BCUT2D eigenvalue weighted by atomic mass is 9.85. The number of aryl methyl sites for hydroxylation is 1. The molecule has 0 saturated heterocycles. The lowest BCUT2D eigenvalue weighted by Gasteiger charge is -2.22. The summed E-state index contributed by atoms with van der Waals surface area (Å²) in [6, 6.07) is 14.0. The minimum Gasteiger partial charge on any atom is -0.370 e. The van der Waals surface area contributed by atoms with Crippen LogP contribution in [0.25, 0.3) is 16.7 Å². The van der Waals surface area contributed by atoms with Crippen LogP contribution in [0.4, 0.5) is 0 Å². The molecule has 0 saturated carbocycles. The van der Waals surface area contributed by atoms with E-state index in [0.29, 0.717) is 28.8 Å². The Labute approximate surface area is 276 Å². The van der Waals surface area contributed by atoms with Gasteiger partial charge in [0.1, 0.15) is 5.65 Å². The Balaban J connectivity index is 0.000000292. The Morgan fingerprint density at radius 3 is 2.27 bits per heavy atom. The van der Waals surface area contributed by atoms with Crippen molar-refractivity contribution in [3.63, 3.8) is 0 Å². The molecule has 0 amide bonds. The topological polar surface area (TPSA) is 153 Å². The van der Waals surface area contributed by atoms with Crippen molar-refractivity contribution in [2.75, 3.05) is 19.6 Å². The van der Waals surface area contributed by atoms with Crippen molar-refractivity contribution in [3.8, 4) is 5.69 Å². The maximum absolute atomic E-state index is 12.5. The highest BCUT2D eigenvalue weighted by atomic mass is 35.5. The second kappa shape index (κ2) is 15.8. The maximum Gasteiger partial charge on any atom is 0.354 e. The number of benzene rings is 2. The molecular formula is C34H48Cl2N8O. The molecule has 8 N–H and O–H groups in total. The molecule has 2 heterocycles. The monoisotopic (exact) mass is 654 g/mol. The molecule has 4 aromatic rings. The predicted molar refractivity (Wildman–Crippen MR) is 190 cm³/mol. The summed E-state index contributed by atoms with van der Waals surface area (Å²) in [6.07, 6.45) is 4.63. The summed E-state index contributed by atoms with van der Waals surface area (Å²) in [5.41, 5.74) is 21.7. The second-order valence-electron chi connectivity index (χ2n) is 13.2. The SMILES string of the molecule is CC(C)(C)c1cc(CCCN)cc(Cl)c1Cl.CC(C)(C)c1cc2cn(-c3ccc(CNCCCN=C(N)N)cc3)c(=O)nc2[nH]1. The number of fused-ring (bicyclic) bond motifs is 1. The van der Waals surface area contributed by atoms with E-state index in [1.807, 2.05) is 36.5 Å². The molecule has 2 aromatic heterocycles. The normalized spacial score (nSPS) is 11.8. The third kappa shape index (κ3) is 10.6. The number of rotatable bonds is 10. The molecule has 11 heteroatoms. The summed E-state index contributed by atoms with van der Waals surface area (Å²) in [5.74, 6) is 0.123. The fourth-order valence-corrected chi connectivity index (χ4v) is 5.28. The van der Waals surface area contributed by atoms with Gasteiger partial charge in [-0.05, 0) is 78.7 Å². The first-order valence-electron chi connectivity index (χ1n) is 15.3. The molecule has 4 rings (SSSR count). The van der Waals surface area contributed by atoms with E-state index < -0.39 is 0 Å². The van der Waals surface area contributed by atoms with Gasteiger partial charge in [-0.15, -0.1) is 0 Å². The third-order valence-electron chi connectivity index (χ3n) is 7.23. The minimum atomic E-state index is -0.301. The molecule has 0 aliphatic rings. The lowest BCUT2D eigenvalue weighted by molar-refractivity contribution is 0.574. The quantitative estimate of drug-likeness (QED) is 0.0809. The van der Waals surface area contributed by atoms with Crippen molar-refractivity contribution < 1.29 is 0 Å². The van der Waals surface area contributed by atoms with Gasteiger partial charge >= 0.3 is 5.69 Å². The zero-order valence-corrected chi connectivity index (χ0v) is 28.8. The molecule has 45 heavy (non-hydrogen) atoms. The van der Waals surface area contributed by atoms with E-state index in [-0.39, 0.29) is 22.5 Å². The van der Waals surface area contributed by atoms with Crippen LogP contribution in [0.5, 0.6) is 0 Å². The Bertz CT molecular complexity index is 1640. The zero-order valence-electron chi connectivity index (χ0n) is 27.3. The van der Waals surface area contributed by atoms with Gasteiger partial charge in [-0.2, -0.15) is 4.98 Å². The van der Waals surface area contributed by atoms with Crippen LogP contribution in [0.2, 0.25) is 10.0 Å². The molecule has 0 bridgehead atoms. The molecule has 0 aliphatic carbocycles. The van der Waals surface area contributed by atoms with Crippen molar-refractivity contribution in [1.29, 1.82) is 0 Å². The van der Waals surface area contributed by atoms with Crippen LogP contribution < -0.4 is 28.2 Å². The smallest absolute Gasteiger partial charge is 0.354 e. The number of aromatic nitrogens is 3. The van der Waals surface area contributed by atoms with Gasteiger partial charge < -0.3 is 27.5 Å². The van der Waals surface area contributed by atoms with Gasteiger partial charge in [-0.3, -0.25) is 9.56 Å². The lowest BCUT2D eigenvalue weighted by Crippen LogP contribution is -2.23. The number of aliphatic imine (C=N–C) groups is 1. The highest BCUT2D eigenvalue weighted by molar-refractivity contribution is 6.42. The van der Waals surface area contributed by atoms with E-state index in [0.717, 1.165) is 60.2 Å². The molecule has 0 atom stereocenters. The Hall–Kier alpha value is -3.37. The van der Waals surface area contributed by atoms with Crippen molar-refractivity contribution in [1.82, 2.24) is 19.9 Å². The van der Waals surface area contributed by atoms with E-state index >= 15 is 0 Å². The average molecular weight is 656 g/mol. The minimum absolute atomic E-state index is 0.0133. The number of aromatic amines is 1. The largest absolute Gasteiger partial charge is 0.370 e. The summed E-state index contributed by atoms with van der Waals surface area (Å²) in [6.45, 7) is 15.6. The molecule has 0 radical (unpaired) electrons.